The van der Waals surface area contributed by atoms with Crippen LogP contribution in [0.25, 0.3) is 5.32 Å². The van der Waals surface area contributed by atoms with Crippen LogP contribution in [0.15, 0.2) is 16.9 Å². The third-order valence-electron chi connectivity index (χ3n) is 1.87. The SMILES string of the molecule is CCOP(=O)(OCC)C1[N-]C=NC=C1[N+](=O)[O-]. The summed E-state index contributed by atoms with van der Waals surface area (Å²) >= 11 is 0. The molecule has 0 aromatic carbocycles. The zero-order valence-electron chi connectivity index (χ0n) is 9.48. The van der Waals surface area contributed by atoms with Crippen LogP contribution in [0.2, 0.25) is 0 Å². The first-order valence-corrected chi connectivity index (χ1v) is 6.61. The minimum atomic E-state index is -3.67. The van der Waals surface area contributed by atoms with E-state index in [0.717, 1.165) is 12.5 Å². The van der Waals surface area contributed by atoms with Crippen molar-refractivity contribution in [2.45, 2.75) is 19.6 Å². The van der Waals surface area contributed by atoms with Crippen LogP contribution >= 0.6 is 7.60 Å². The third-order valence-corrected chi connectivity index (χ3v) is 4.11. The number of rotatable bonds is 6. The Labute approximate surface area is 98.4 Å². The van der Waals surface area contributed by atoms with Gasteiger partial charge in [-0.15, -0.1) is 6.34 Å². The fraction of sp³-hybridized carbons (Fsp3) is 0.625. The van der Waals surface area contributed by atoms with E-state index in [4.69, 9.17) is 9.05 Å². The van der Waals surface area contributed by atoms with Gasteiger partial charge in [-0.1, -0.05) is 0 Å². The lowest BCUT2D eigenvalue weighted by Crippen LogP contribution is -2.22. The van der Waals surface area contributed by atoms with E-state index in [0.29, 0.717) is 0 Å². The molecule has 0 fully saturated rings. The number of hydrogen-bond acceptors (Lipinski definition) is 6. The number of hydrogen-bond donors (Lipinski definition) is 0. The molecule has 0 spiro atoms. The summed E-state index contributed by atoms with van der Waals surface area (Å²) in [5.74, 6) is -1.25. The Morgan fingerprint density at radius 3 is 2.59 bits per heavy atom. The van der Waals surface area contributed by atoms with Crippen LogP contribution in [0, 0.1) is 10.1 Å². The maximum atomic E-state index is 12.3. The van der Waals surface area contributed by atoms with Crippen LogP contribution in [-0.2, 0) is 13.6 Å². The molecule has 0 radical (unpaired) electrons. The van der Waals surface area contributed by atoms with Gasteiger partial charge in [-0.2, -0.15) is 0 Å². The van der Waals surface area contributed by atoms with Gasteiger partial charge in [0.15, 0.2) is 5.78 Å². The zero-order chi connectivity index (χ0) is 12.9. The van der Waals surface area contributed by atoms with Crippen molar-refractivity contribution in [3.05, 3.63) is 27.3 Å². The first-order valence-electron chi connectivity index (χ1n) is 5.00. The Kier molecular flexibility index (Phi) is 4.80. The molecule has 1 aliphatic rings. The van der Waals surface area contributed by atoms with Crippen molar-refractivity contribution >= 4 is 13.9 Å². The van der Waals surface area contributed by atoms with Gasteiger partial charge in [0, 0.05) is 0 Å². The molecule has 9 heteroatoms. The fourth-order valence-corrected chi connectivity index (χ4v) is 3.06. The molecular formula is C8H13N3O5P-. The highest BCUT2D eigenvalue weighted by Gasteiger charge is 2.41. The minimum Gasteiger partial charge on any atom is -0.449 e. The van der Waals surface area contributed by atoms with Crippen molar-refractivity contribution in [3.8, 4) is 0 Å². The Bertz CT molecular complexity index is 385. The van der Waals surface area contributed by atoms with Crippen LogP contribution in [0.5, 0.6) is 0 Å². The van der Waals surface area contributed by atoms with Crippen LogP contribution in [0.1, 0.15) is 13.8 Å². The quantitative estimate of drug-likeness (QED) is 0.414. The van der Waals surface area contributed by atoms with E-state index in [-0.39, 0.29) is 13.2 Å². The second kappa shape index (κ2) is 5.90. The molecule has 0 saturated heterocycles. The monoisotopic (exact) mass is 262 g/mol. The highest BCUT2D eigenvalue weighted by atomic mass is 31.2. The van der Waals surface area contributed by atoms with Crippen molar-refractivity contribution in [1.29, 1.82) is 0 Å². The molecule has 0 N–H and O–H groups in total. The molecule has 1 aliphatic heterocycles. The van der Waals surface area contributed by atoms with Gasteiger partial charge in [-0.05, 0) is 20.0 Å². The van der Waals surface area contributed by atoms with E-state index >= 15 is 0 Å². The van der Waals surface area contributed by atoms with E-state index in [2.05, 4.69) is 10.3 Å². The molecule has 1 rings (SSSR count). The van der Waals surface area contributed by atoms with Crippen molar-refractivity contribution in [2.24, 2.45) is 4.99 Å². The van der Waals surface area contributed by atoms with Crippen LogP contribution < -0.4 is 0 Å². The van der Waals surface area contributed by atoms with Crippen LogP contribution in [-0.4, -0.2) is 30.3 Å². The van der Waals surface area contributed by atoms with Gasteiger partial charge in [0.25, 0.3) is 5.70 Å². The fourth-order valence-electron chi connectivity index (χ4n) is 1.28. The second-order valence-electron chi connectivity index (χ2n) is 2.97. The molecule has 96 valence electrons. The maximum Gasteiger partial charge on any atom is 0.343 e. The van der Waals surface area contributed by atoms with E-state index in [1.165, 1.54) is 0 Å². The summed E-state index contributed by atoms with van der Waals surface area (Å²) in [5, 5.41) is 14.5. The van der Waals surface area contributed by atoms with E-state index < -0.39 is 24.0 Å². The summed E-state index contributed by atoms with van der Waals surface area (Å²) in [6, 6.07) is 0. The summed E-state index contributed by atoms with van der Waals surface area (Å²) in [4.78, 5) is 13.6. The molecular weight excluding hydrogens is 249 g/mol. The van der Waals surface area contributed by atoms with Gasteiger partial charge in [-0.3, -0.25) is 14.7 Å². The first-order chi connectivity index (χ1) is 8.05. The highest BCUT2D eigenvalue weighted by Crippen LogP contribution is 2.57. The lowest BCUT2D eigenvalue weighted by molar-refractivity contribution is -0.426. The molecule has 0 aromatic heterocycles. The van der Waals surface area contributed by atoms with Crippen LogP contribution in [0.4, 0.5) is 0 Å². The molecule has 0 aromatic rings. The Morgan fingerprint density at radius 2 is 2.12 bits per heavy atom. The molecule has 1 unspecified atom stereocenters. The van der Waals surface area contributed by atoms with Crippen LogP contribution in [0.3, 0.4) is 0 Å². The van der Waals surface area contributed by atoms with Crippen molar-refractivity contribution < 1.29 is 18.5 Å². The number of aliphatic imine (C=N–C) groups is 1. The second-order valence-corrected chi connectivity index (χ2v) is 5.06. The van der Waals surface area contributed by atoms with E-state index in [9.17, 15) is 14.7 Å². The molecule has 0 saturated carbocycles. The van der Waals surface area contributed by atoms with Gasteiger partial charge in [-0.25, -0.2) is 0 Å². The molecule has 0 aliphatic carbocycles. The topological polar surface area (TPSA) is 105 Å². The van der Waals surface area contributed by atoms with Crippen molar-refractivity contribution in [1.82, 2.24) is 0 Å². The number of nitro groups is 1. The van der Waals surface area contributed by atoms with Gasteiger partial charge in [0.05, 0.1) is 18.1 Å². The van der Waals surface area contributed by atoms with E-state index in [1.807, 2.05) is 0 Å². The largest absolute Gasteiger partial charge is 0.449 e. The van der Waals surface area contributed by atoms with Gasteiger partial charge < -0.3 is 19.4 Å². The van der Waals surface area contributed by atoms with E-state index in [1.54, 1.807) is 13.8 Å². The third kappa shape index (κ3) is 3.12. The van der Waals surface area contributed by atoms with Crippen molar-refractivity contribution in [2.75, 3.05) is 13.2 Å². The summed E-state index contributed by atoms with van der Waals surface area (Å²) < 4.78 is 22.4. The molecule has 8 nitrogen and oxygen atoms in total. The lowest BCUT2D eigenvalue weighted by Gasteiger charge is -2.29. The Balaban J connectivity index is 3.02. The molecule has 1 atom stereocenters. The highest BCUT2D eigenvalue weighted by molar-refractivity contribution is 7.55. The van der Waals surface area contributed by atoms with Gasteiger partial charge >= 0.3 is 7.60 Å². The summed E-state index contributed by atoms with van der Waals surface area (Å²) in [6.45, 7) is 3.48. The number of nitrogens with zero attached hydrogens (tertiary/aromatic N) is 3. The lowest BCUT2D eigenvalue weighted by atomic mass is 10.4. The predicted octanol–water partition coefficient (Wildman–Crippen LogP) is 2.11. The average Bonchev–Trinajstić information content (AvgIpc) is 2.29. The molecule has 0 amide bonds. The molecule has 1 heterocycles. The minimum absolute atomic E-state index is 0.117. The average molecular weight is 262 g/mol. The first kappa shape index (κ1) is 13.8. The normalized spacial score (nSPS) is 19.6. The van der Waals surface area contributed by atoms with Crippen molar-refractivity contribution in [3.63, 3.8) is 0 Å². The van der Waals surface area contributed by atoms with Gasteiger partial charge in [0.2, 0.25) is 0 Å². The summed E-state index contributed by atoms with van der Waals surface area (Å²) in [5.41, 5.74) is -0.391. The molecule has 0 bridgehead atoms. The predicted molar refractivity (Wildman–Crippen MR) is 61.6 cm³/mol. The van der Waals surface area contributed by atoms with Gasteiger partial charge in [0.1, 0.15) is 0 Å². The standard InChI is InChI=1S/C8H13N3O5P/c1-3-15-17(14,16-4-2)8-7(11(12)13)5-9-6-10-8/h5-6,8H,3-4H2,1-2H3/q-1. The Hall–Kier alpha value is -1.24. The summed E-state index contributed by atoms with van der Waals surface area (Å²) in [7, 11) is -3.67. The molecule has 17 heavy (non-hydrogen) atoms. The maximum absolute atomic E-state index is 12.3. The smallest absolute Gasteiger partial charge is 0.343 e. The zero-order valence-corrected chi connectivity index (χ0v) is 10.4. The summed E-state index contributed by atoms with van der Waals surface area (Å²) in [6.07, 6.45) is 2.10. The Morgan fingerprint density at radius 1 is 1.53 bits per heavy atom.